The highest BCUT2D eigenvalue weighted by Gasteiger charge is 2.18. The number of ketones is 1. The van der Waals surface area contributed by atoms with E-state index in [9.17, 15) is 10.1 Å². The lowest BCUT2D eigenvalue weighted by atomic mass is 10.0. The number of hydrogen-bond donors (Lipinski definition) is 0. The Morgan fingerprint density at radius 1 is 1.05 bits per heavy atom. The second-order valence-corrected chi connectivity index (χ2v) is 5.15. The SMILES string of the molecule is N#C/C(=C\c1cccc(C#N)c1)C(=O)c1c(Cl)cccc1Cl. The van der Waals surface area contributed by atoms with Crippen LogP contribution in [0.3, 0.4) is 0 Å². The van der Waals surface area contributed by atoms with E-state index in [1.54, 1.807) is 30.3 Å². The van der Waals surface area contributed by atoms with Crippen molar-refractivity contribution in [3.8, 4) is 12.1 Å². The maximum Gasteiger partial charge on any atom is 0.206 e. The van der Waals surface area contributed by atoms with Gasteiger partial charge in [0.25, 0.3) is 0 Å². The number of nitriles is 2. The number of nitrogens with zero attached hydrogens (tertiary/aromatic N) is 2. The van der Waals surface area contributed by atoms with Gasteiger partial charge < -0.3 is 0 Å². The molecule has 3 nitrogen and oxygen atoms in total. The van der Waals surface area contributed by atoms with Gasteiger partial charge in [0.1, 0.15) is 11.6 Å². The summed E-state index contributed by atoms with van der Waals surface area (Å²) in [6, 6.07) is 15.1. The standard InChI is InChI=1S/C17H8Cl2N2O/c18-14-5-2-6-15(19)16(14)17(22)13(10-21)8-11-3-1-4-12(7-11)9-20/h1-8H/b13-8+. The highest BCUT2D eigenvalue weighted by molar-refractivity contribution is 6.41. The Morgan fingerprint density at radius 3 is 2.27 bits per heavy atom. The molecule has 0 aliphatic rings. The van der Waals surface area contributed by atoms with Crippen LogP contribution in [-0.4, -0.2) is 5.78 Å². The molecule has 2 rings (SSSR count). The van der Waals surface area contributed by atoms with Crippen LogP contribution in [0.25, 0.3) is 6.08 Å². The summed E-state index contributed by atoms with van der Waals surface area (Å²) in [5, 5.41) is 18.5. The van der Waals surface area contributed by atoms with Gasteiger partial charge >= 0.3 is 0 Å². The first kappa shape index (κ1) is 15.8. The van der Waals surface area contributed by atoms with E-state index in [0.717, 1.165) is 0 Å². The number of halogens is 2. The predicted octanol–water partition coefficient (Wildman–Crippen LogP) is 4.65. The molecule has 2 aromatic carbocycles. The molecule has 0 bridgehead atoms. The Balaban J connectivity index is 2.48. The maximum absolute atomic E-state index is 12.5. The monoisotopic (exact) mass is 326 g/mol. The van der Waals surface area contributed by atoms with Crippen LogP contribution < -0.4 is 0 Å². The van der Waals surface area contributed by atoms with Crippen LogP contribution in [0.4, 0.5) is 0 Å². The summed E-state index contributed by atoms with van der Waals surface area (Å²) in [6.45, 7) is 0. The van der Waals surface area contributed by atoms with Crippen LogP contribution in [0.2, 0.25) is 10.0 Å². The van der Waals surface area contributed by atoms with Crippen molar-refractivity contribution in [1.29, 1.82) is 10.5 Å². The van der Waals surface area contributed by atoms with E-state index in [0.29, 0.717) is 11.1 Å². The molecule has 0 amide bonds. The van der Waals surface area contributed by atoms with Gasteiger partial charge in [-0.2, -0.15) is 10.5 Å². The summed E-state index contributed by atoms with van der Waals surface area (Å²) in [6.07, 6.45) is 1.41. The van der Waals surface area contributed by atoms with Crippen molar-refractivity contribution < 1.29 is 4.79 Å². The second kappa shape index (κ2) is 6.91. The summed E-state index contributed by atoms with van der Waals surface area (Å²) in [5.74, 6) is -0.555. The lowest BCUT2D eigenvalue weighted by Crippen LogP contribution is -2.04. The zero-order valence-corrected chi connectivity index (χ0v) is 12.7. The van der Waals surface area contributed by atoms with Gasteiger partial charge in [-0.1, -0.05) is 41.4 Å². The van der Waals surface area contributed by atoms with E-state index < -0.39 is 5.78 Å². The first-order valence-corrected chi connectivity index (χ1v) is 6.93. The maximum atomic E-state index is 12.5. The lowest BCUT2D eigenvalue weighted by molar-refractivity contribution is 0.104. The smallest absolute Gasteiger partial charge is 0.206 e. The number of Topliss-reactive ketones (excluding diaryl/α,β-unsaturated/α-hetero) is 1. The Hall–Kier alpha value is -2.59. The average Bonchev–Trinajstić information content (AvgIpc) is 2.52. The molecule has 106 valence electrons. The van der Waals surface area contributed by atoms with Gasteiger partial charge in [0.05, 0.1) is 27.2 Å². The zero-order valence-electron chi connectivity index (χ0n) is 11.2. The predicted molar refractivity (Wildman–Crippen MR) is 85.5 cm³/mol. The first-order valence-electron chi connectivity index (χ1n) is 6.17. The van der Waals surface area contributed by atoms with Gasteiger partial charge in [0.2, 0.25) is 5.78 Å². The molecule has 0 aromatic heterocycles. The van der Waals surface area contributed by atoms with E-state index >= 15 is 0 Å². The number of carbonyl (C=O) groups is 1. The molecule has 0 spiro atoms. The molecule has 0 N–H and O–H groups in total. The molecule has 0 aliphatic heterocycles. The lowest BCUT2D eigenvalue weighted by Gasteiger charge is -2.05. The van der Waals surface area contributed by atoms with Crippen LogP contribution in [-0.2, 0) is 0 Å². The van der Waals surface area contributed by atoms with Crippen LogP contribution in [0.15, 0.2) is 48.0 Å². The number of rotatable bonds is 3. The van der Waals surface area contributed by atoms with Gasteiger partial charge in [-0.05, 0) is 35.9 Å². The molecule has 0 heterocycles. The molecule has 0 unspecified atom stereocenters. The number of hydrogen-bond acceptors (Lipinski definition) is 3. The molecule has 0 saturated heterocycles. The normalized spacial score (nSPS) is 10.6. The van der Waals surface area contributed by atoms with Crippen molar-refractivity contribution in [2.24, 2.45) is 0 Å². The summed E-state index contributed by atoms with van der Waals surface area (Å²) < 4.78 is 0. The number of allylic oxidation sites excluding steroid dienone is 1. The van der Waals surface area contributed by atoms with Crippen LogP contribution >= 0.6 is 23.2 Å². The van der Waals surface area contributed by atoms with Gasteiger partial charge in [-0.25, -0.2) is 0 Å². The third kappa shape index (κ3) is 3.35. The van der Waals surface area contributed by atoms with E-state index in [2.05, 4.69) is 0 Å². The van der Waals surface area contributed by atoms with Crippen molar-refractivity contribution in [2.75, 3.05) is 0 Å². The molecule has 0 atom stereocenters. The second-order valence-electron chi connectivity index (χ2n) is 4.33. The van der Waals surface area contributed by atoms with Gasteiger partial charge in [0.15, 0.2) is 0 Å². The van der Waals surface area contributed by atoms with Crippen LogP contribution in [0.5, 0.6) is 0 Å². The summed E-state index contributed by atoms with van der Waals surface area (Å²) in [7, 11) is 0. The average molecular weight is 327 g/mol. The molecule has 0 fully saturated rings. The molecular weight excluding hydrogens is 319 g/mol. The molecule has 0 saturated carbocycles. The fourth-order valence-electron chi connectivity index (χ4n) is 1.86. The minimum Gasteiger partial charge on any atom is -0.288 e. The minimum absolute atomic E-state index is 0.0927. The van der Waals surface area contributed by atoms with Crippen LogP contribution in [0, 0.1) is 22.7 Å². The Bertz CT molecular complexity index is 837. The fourth-order valence-corrected chi connectivity index (χ4v) is 2.43. The van der Waals surface area contributed by atoms with Crippen molar-refractivity contribution in [3.05, 3.63) is 74.8 Å². The highest BCUT2D eigenvalue weighted by Crippen LogP contribution is 2.27. The summed E-state index contributed by atoms with van der Waals surface area (Å²) >= 11 is 12.0. The van der Waals surface area contributed by atoms with Crippen molar-refractivity contribution in [1.82, 2.24) is 0 Å². The Labute approximate surface area is 137 Å². The molecule has 2 aromatic rings. The Morgan fingerprint density at radius 2 is 1.68 bits per heavy atom. The number of benzene rings is 2. The number of carbonyl (C=O) groups excluding carboxylic acids is 1. The van der Waals surface area contributed by atoms with E-state index in [-0.39, 0.29) is 21.2 Å². The fraction of sp³-hybridized carbons (Fsp3) is 0. The molecule has 0 aliphatic carbocycles. The first-order chi connectivity index (χ1) is 10.6. The third-order valence-corrected chi connectivity index (χ3v) is 3.51. The quantitative estimate of drug-likeness (QED) is 0.468. The minimum atomic E-state index is -0.555. The van der Waals surface area contributed by atoms with Crippen molar-refractivity contribution in [2.45, 2.75) is 0 Å². The highest BCUT2D eigenvalue weighted by atomic mass is 35.5. The van der Waals surface area contributed by atoms with Gasteiger partial charge in [-0.3, -0.25) is 4.79 Å². The third-order valence-electron chi connectivity index (χ3n) is 2.88. The van der Waals surface area contributed by atoms with E-state index in [1.807, 2.05) is 12.1 Å². The molecule has 22 heavy (non-hydrogen) atoms. The Kier molecular flexibility index (Phi) is 4.96. The van der Waals surface area contributed by atoms with Crippen molar-refractivity contribution in [3.63, 3.8) is 0 Å². The zero-order chi connectivity index (χ0) is 16.1. The van der Waals surface area contributed by atoms with E-state index in [4.69, 9.17) is 28.5 Å². The molecular formula is C17H8Cl2N2O. The topological polar surface area (TPSA) is 64.7 Å². The molecule has 5 heteroatoms. The van der Waals surface area contributed by atoms with Gasteiger partial charge in [0, 0.05) is 0 Å². The largest absolute Gasteiger partial charge is 0.288 e. The van der Waals surface area contributed by atoms with Gasteiger partial charge in [-0.15, -0.1) is 0 Å². The summed E-state index contributed by atoms with van der Waals surface area (Å²) in [5.41, 5.74) is 1.00. The summed E-state index contributed by atoms with van der Waals surface area (Å²) in [4.78, 5) is 12.5. The van der Waals surface area contributed by atoms with Crippen LogP contribution in [0.1, 0.15) is 21.5 Å². The van der Waals surface area contributed by atoms with Crippen molar-refractivity contribution >= 4 is 35.1 Å². The van der Waals surface area contributed by atoms with E-state index in [1.165, 1.54) is 18.2 Å². The molecule has 0 radical (unpaired) electrons.